The van der Waals surface area contributed by atoms with Gasteiger partial charge in [0.2, 0.25) is 5.96 Å². The minimum Gasteiger partial charge on any atom is -0.369 e. The van der Waals surface area contributed by atoms with E-state index in [9.17, 15) is 0 Å². The summed E-state index contributed by atoms with van der Waals surface area (Å²) >= 11 is 4.31. The van der Waals surface area contributed by atoms with Gasteiger partial charge in [-0.05, 0) is 0 Å². The summed E-state index contributed by atoms with van der Waals surface area (Å²) in [7, 11) is 0. The third-order valence-corrected chi connectivity index (χ3v) is 0.683. The summed E-state index contributed by atoms with van der Waals surface area (Å²) in [5.74, 6) is -0.359. The standard InChI is InChI=1S/C3H4N4S/c4-1-7(2-8)3(5)6/h2H,(H3,5,6). The average molecular weight is 128 g/mol. The molecule has 0 aromatic heterocycles. The Morgan fingerprint density at radius 1 is 2.00 bits per heavy atom. The monoisotopic (exact) mass is 128 g/mol. The van der Waals surface area contributed by atoms with Crippen LogP contribution >= 0.6 is 12.2 Å². The Bertz CT molecular complexity index is 146. The molecule has 0 atom stereocenters. The van der Waals surface area contributed by atoms with Crippen LogP contribution in [0.1, 0.15) is 0 Å². The van der Waals surface area contributed by atoms with Crippen molar-refractivity contribution in [3.8, 4) is 6.19 Å². The molecule has 3 N–H and O–H groups in total. The van der Waals surface area contributed by atoms with Crippen LogP contribution in [0.15, 0.2) is 0 Å². The molecule has 0 spiro atoms. The van der Waals surface area contributed by atoms with E-state index >= 15 is 0 Å². The van der Waals surface area contributed by atoms with E-state index in [0.29, 0.717) is 0 Å². The number of nitrogens with zero attached hydrogens (tertiary/aromatic N) is 2. The predicted molar refractivity (Wildman–Crippen MR) is 33.0 cm³/mol. The normalized spacial score (nSPS) is 6.88. The van der Waals surface area contributed by atoms with Gasteiger partial charge in [0.1, 0.15) is 0 Å². The lowest BCUT2D eigenvalue weighted by Crippen LogP contribution is -2.30. The Balaban J connectivity index is 3.95. The fourth-order valence-corrected chi connectivity index (χ4v) is 0.295. The molecule has 0 saturated heterocycles. The molecule has 0 aromatic carbocycles. The van der Waals surface area contributed by atoms with Gasteiger partial charge in [0.25, 0.3) is 0 Å². The van der Waals surface area contributed by atoms with Crippen LogP contribution in [0.5, 0.6) is 0 Å². The lowest BCUT2D eigenvalue weighted by Gasteiger charge is -2.01. The van der Waals surface area contributed by atoms with E-state index in [-0.39, 0.29) is 5.96 Å². The molecule has 42 valence electrons. The Kier molecular flexibility index (Phi) is 2.51. The molecule has 0 aliphatic rings. The van der Waals surface area contributed by atoms with E-state index in [4.69, 9.17) is 16.4 Å². The van der Waals surface area contributed by atoms with Gasteiger partial charge in [-0.15, -0.1) is 0 Å². The number of guanidine groups is 1. The lowest BCUT2D eigenvalue weighted by molar-refractivity contribution is 0.866. The Morgan fingerprint density at radius 3 is 2.50 bits per heavy atom. The van der Waals surface area contributed by atoms with Gasteiger partial charge >= 0.3 is 0 Å². The molecule has 0 unspecified atom stereocenters. The number of nitriles is 1. The van der Waals surface area contributed by atoms with Crippen molar-refractivity contribution in [2.75, 3.05) is 0 Å². The molecule has 0 rings (SSSR count). The van der Waals surface area contributed by atoms with Crippen LogP contribution in [0.25, 0.3) is 0 Å². The number of nitrogens with two attached hydrogens (primary N) is 1. The minimum absolute atomic E-state index is 0.359. The van der Waals surface area contributed by atoms with Gasteiger partial charge in [0.15, 0.2) is 6.19 Å². The van der Waals surface area contributed by atoms with Crippen molar-refractivity contribution in [3.05, 3.63) is 0 Å². The topological polar surface area (TPSA) is 76.9 Å². The highest BCUT2D eigenvalue weighted by atomic mass is 32.1. The van der Waals surface area contributed by atoms with Crippen molar-refractivity contribution in [1.29, 1.82) is 10.7 Å². The first kappa shape index (κ1) is 6.85. The third-order valence-electron chi connectivity index (χ3n) is 0.473. The second-order valence-corrected chi connectivity index (χ2v) is 1.17. The van der Waals surface area contributed by atoms with Gasteiger partial charge in [0, 0.05) is 0 Å². The molecule has 0 aromatic rings. The Hall–Kier alpha value is -1.15. The summed E-state index contributed by atoms with van der Waals surface area (Å²) in [6, 6.07) is 0. The van der Waals surface area contributed by atoms with Crippen LogP contribution in [0, 0.1) is 16.9 Å². The maximum absolute atomic E-state index is 8.05. The predicted octanol–water partition coefficient (Wildman–Crippen LogP) is -0.380. The van der Waals surface area contributed by atoms with Crippen molar-refractivity contribution in [2.45, 2.75) is 0 Å². The van der Waals surface area contributed by atoms with E-state index in [0.717, 1.165) is 10.4 Å². The first-order valence-electron chi connectivity index (χ1n) is 1.70. The quantitative estimate of drug-likeness (QED) is 0.166. The number of thiocarbonyl (C=S) groups is 1. The summed E-state index contributed by atoms with van der Waals surface area (Å²) in [6.07, 6.45) is 1.58. The summed E-state index contributed by atoms with van der Waals surface area (Å²) in [5.41, 5.74) is 5.85. The zero-order valence-corrected chi connectivity index (χ0v) is 4.77. The first-order valence-corrected chi connectivity index (χ1v) is 2.17. The fraction of sp³-hybridized carbons (Fsp3) is 0. The molecule has 0 amide bonds. The maximum Gasteiger partial charge on any atom is 0.206 e. The molecule has 0 fully saturated rings. The highest BCUT2D eigenvalue weighted by Crippen LogP contribution is 1.73. The molecule has 0 saturated carbocycles. The molecular weight excluding hydrogens is 124 g/mol. The van der Waals surface area contributed by atoms with Crippen LogP contribution in [-0.4, -0.2) is 16.4 Å². The molecule has 0 heterocycles. The highest BCUT2D eigenvalue weighted by molar-refractivity contribution is 7.78. The summed E-state index contributed by atoms with van der Waals surface area (Å²) in [6.45, 7) is 0. The Labute approximate surface area is 52.0 Å². The van der Waals surface area contributed by atoms with Crippen molar-refractivity contribution in [3.63, 3.8) is 0 Å². The molecule has 0 bridgehead atoms. The van der Waals surface area contributed by atoms with Crippen LogP contribution < -0.4 is 5.73 Å². The van der Waals surface area contributed by atoms with E-state index in [2.05, 4.69) is 12.2 Å². The van der Waals surface area contributed by atoms with Gasteiger partial charge < -0.3 is 5.73 Å². The summed E-state index contributed by atoms with van der Waals surface area (Å²) < 4.78 is 0. The van der Waals surface area contributed by atoms with Gasteiger partial charge in [0.05, 0.1) is 5.49 Å². The summed E-state index contributed by atoms with van der Waals surface area (Å²) in [4.78, 5) is 0.773. The lowest BCUT2D eigenvalue weighted by atomic mass is 10.8. The van der Waals surface area contributed by atoms with Crippen molar-refractivity contribution < 1.29 is 0 Å². The van der Waals surface area contributed by atoms with Gasteiger partial charge in [-0.25, -0.2) is 4.90 Å². The first-order chi connectivity index (χ1) is 3.72. The molecule has 8 heavy (non-hydrogen) atoms. The zero-order valence-electron chi connectivity index (χ0n) is 3.96. The van der Waals surface area contributed by atoms with E-state index in [1.165, 1.54) is 0 Å². The van der Waals surface area contributed by atoms with Crippen LogP contribution in [0.3, 0.4) is 0 Å². The third kappa shape index (κ3) is 1.53. The van der Waals surface area contributed by atoms with Crippen molar-refractivity contribution in [1.82, 2.24) is 4.90 Å². The van der Waals surface area contributed by atoms with Gasteiger partial charge in [-0.2, -0.15) is 5.26 Å². The highest BCUT2D eigenvalue weighted by Gasteiger charge is 1.95. The number of hydrogen-bond donors (Lipinski definition) is 2. The van der Waals surface area contributed by atoms with Gasteiger partial charge in [-0.1, -0.05) is 12.2 Å². The fourth-order valence-electron chi connectivity index (χ4n) is 0.134. The molecule has 0 radical (unpaired) electrons. The van der Waals surface area contributed by atoms with Crippen LogP contribution in [0.4, 0.5) is 0 Å². The SMILES string of the molecule is N#CN(C=S)C(=N)N. The van der Waals surface area contributed by atoms with Crippen molar-refractivity contribution in [2.24, 2.45) is 5.73 Å². The molecule has 4 nitrogen and oxygen atoms in total. The molecular formula is C3H4N4S. The van der Waals surface area contributed by atoms with Gasteiger partial charge in [-0.3, -0.25) is 5.41 Å². The second kappa shape index (κ2) is 2.93. The minimum atomic E-state index is -0.359. The average Bonchev–Trinajstić information content (AvgIpc) is 1.69. The van der Waals surface area contributed by atoms with E-state index in [1.807, 2.05) is 0 Å². The maximum atomic E-state index is 8.05. The number of rotatable bonds is 1. The second-order valence-electron chi connectivity index (χ2n) is 0.961. The zero-order chi connectivity index (χ0) is 6.57. The van der Waals surface area contributed by atoms with E-state index in [1.54, 1.807) is 6.19 Å². The molecule has 5 heteroatoms. The van der Waals surface area contributed by atoms with Crippen molar-refractivity contribution >= 4 is 23.7 Å². The smallest absolute Gasteiger partial charge is 0.206 e. The number of hydrogen-bond acceptors (Lipinski definition) is 3. The molecule has 0 aliphatic carbocycles. The molecule has 0 aliphatic heterocycles. The van der Waals surface area contributed by atoms with E-state index < -0.39 is 0 Å². The van der Waals surface area contributed by atoms with Crippen LogP contribution in [0.2, 0.25) is 0 Å². The summed E-state index contributed by atoms with van der Waals surface area (Å²) in [5, 5.41) is 14.7. The largest absolute Gasteiger partial charge is 0.369 e. The Morgan fingerprint density at radius 2 is 2.50 bits per heavy atom. The number of nitrogens with one attached hydrogen (secondary N) is 1. The van der Waals surface area contributed by atoms with Crippen LogP contribution in [-0.2, 0) is 0 Å².